The average Bonchev–Trinajstić information content (AvgIpc) is 2.03. The first-order valence-corrected chi connectivity index (χ1v) is 4.89. The Kier molecular flexibility index (Phi) is 4.91. The van der Waals surface area contributed by atoms with Crippen LogP contribution in [0.3, 0.4) is 0 Å². The van der Waals surface area contributed by atoms with Crippen LogP contribution >= 0.6 is 12.2 Å². The second-order valence-corrected chi connectivity index (χ2v) is 4.32. The molecule has 0 bridgehead atoms. The van der Waals surface area contributed by atoms with Gasteiger partial charge in [0.1, 0.15) is 0 Å². The molecule has 0 aromatic rings. The van der Waals surface area contributed by atoms with E-state index in [1.54, 1.807) is 0 Å². The van der Waals surface area contributed by atoms with E-state index in [0.717, 1.165) is 6.42 Å². The molecule has 0 spiro atoms. The largest absolute Gasteiger partial charge is 0.375 e. The molecule has 4 heteroatoms. The van der Waals surface area contributed by atoms with Gasteiger partial charge in [0, 0.05) is 6.21 Å². The Morgan fingerprint density at radius 3 is 2.62 bits per heavy atom. The standard InChI is InChI=1S/C9H19N3S/c1-5-9(3,4)7(2)6-11-12-8(10)13/h6-7H,5H2,1-4H3,(H3,10,12,13). The van der Waals surface area contributed by atoms with Crippen LogP contribution in [-0.4, -0.2) is 11.3 Å². The molecular weight excluding hydrogens is 182 g/mol. The summed E-state index contributed by atoms with van der Waals surface area (Å²) >= 11 is 4.62. The summed E-state index contributed by atoms with van der Waals surface area (Å²) < 4.78 is 0. The van der Waals surface area contributed by atoms with Crippen molar-refractivity contribution in [1.29, 1.82) is 0 Å². The molecule has 0 saturated heterocycles. The summed E-state index contributed by atoms with van der Waals surface area (Å²) in [6, 6.07) is 0. The van der Waals surface area contributed by atoms with Crippen LogP contribution in [0.5, 0.6) is 0 Å². The van der Waals surface area contributed by atoms with Gasteiger partial charge in [-0.3, -0.25) is 5.43 Å². The Balaban J connectivity index is 4.06. The van der Waals surface area contributed by atoms with Gasteiger partial charge in [-0.1, -0.05) is 34.1 Å². The van der Waals surface area contributed by atoms with Gasteiger partial charge in [-0.2, -0.15) is 5.10 Å². The van der Waals surface area contributed by atoms with E-state index in [1.165, 1.54) is 0 Å². The van der Waals surface area contributed by atoms with E-state index < -0.39 is 0 Å². The van der Waals surface area contributed by atoms with Gasteiger partial charge in [-0.25, -0.2) is 0 Å². The Hall–Kier alpha value is -0.640. The zero-order valence-electron chi connectivity index (χ0n) is 8.79. The van der Waals surface area contributed by atoms with Crippen LogP contribution in [0.1, 0.15) is 34.1 Å². The maximum atomic E-state index is 5.23. The number of rotatable bonds is 4. The molecule has 3 nitrogen and oxygen atoms in total. The van der Waals surface area contributed by atoms with Crippen molar-refractivity contribution in [1.82, 2.24) is 5.43 Å². The third-order valence-corrected chi connectivity index (χ3v) is 2.71. The fraction of sp³-hybridized carbons (Fsp3) is 0.778. The zero-order valence-corrected chi connectivity index (χ0v) is 9.61. The number of hydrogen-bond acceptors (Lipinski definition) is 2. The quantitative estimate of drug-likeness (QED) is 0.415. The van der Waals surface area contributed by atoms with Gasteiger partial charge in [-0.15, -0.1) is 0 Å². The lowest BCUT2D eigenvalue weighted by molar-refractivity contribution is 0.286. The molecule has 76 valence electrons. The van der Waals surface area contributed by atoms with Gasteiger partial charge in [-0.05, 0) is 23.6 Å². The normalized spacial score (nSPS) is 14.5. The van der Waals surface area contributed by atoms with Crippen LogP contribution in [0, 0.1) is 11.3 Å². The minimum Gasteiger partial charge on any atom is -0.375 e. The van der Waals surface area contributed by atoms with E-state index in [0.29, 0.717) is 5.92 Å². The Bertz CT molecular complexity index is 199. The summed E-state index contributed by atoms with van der Waals surface area (Å²) in [4.78, 5) is 0. The van der Waals surface area contributed by atoms with Gasteiger partial charge >= 0.3 is 0 Å². The number of hydrazone groups is 1. The monoisotopic (exact) mass is 201 g/mol. The van der Waals surface area contributed by atoms with Crippen molar-refractivity contribution in [2.45, 2.75) is 34.1 Å². The van der Waals surface area contributed by atoms with E-state index in [4.69, 9.17) is 5.73 Å². The SMILES string of the molecule is CCC(C)(C)C(C)C=NNC(N)=S. The lowest BCUT2D eigenvalue weighted by Gasteiger charge is -2.27. The van der Waals surface area contributed by atoms with Crippen molar-refractivity contribution >= 4 is 23.5 Å². The third kappa shape index (κ3) is 4.83. The molecule has 0 aliphatic heterocycles. The summed E-state index contributed by atoms with van der Waals surface area (Å²) in [5, 5.41) is 4.15. The zero-order chi connectivity index (χ0) is 10.5. The predicted molar refractivity (Wildman–Crippen MR) is 61.6 cm³/mol. The first-order valence-electron chi connectivity index (χ1n) is 4.48. The Morgan fingerprint density at radius 1 is 1.69 bits per heavy atom. The van der Waals surface area contributed by atoms with E-state index in [-0.39, 0.29) is 10.5 Å². The molecular formula is C9H19N3S. The molecule has 0 fully saturated rings. The molecule has 0 saturated carbocycles. The second-order valence-electron chi connectivity index (χ2n) is 3.89. The molecule has 0 aliphatic rings. The van der Waals surface area contributed by atoms with Crippen LogP contribution < -0.4 is 11.2 Å². The van der Waals surface area contributed by atoms with Crippen molar-refractivity contribution in [2.24, 2.45) is 22.2 Å². The smallest absolute Gasteiger partial charge is 0.184 e. The topological polar surface area (TPSA) is 50.4 Å². The number of nitrogens with two attached hydrogens (primary N) is 1. The number of nitrogens with one attached hydrogen (secondary N) is 1. The average molecular weight is 201 g/mol. The molecule has 13 heavy (non-hydrogen) atoms. The van der Waals surface area contributed by atoms with Crippen molar-refractivity contribution in [2.75, 3.05) is 0 Å². The van der Waals surface area contributed by atoms with Crippen molar-refractivity contribution < 1.29 is 0 Å². The van der Waals surface area contributed by atoms with Crippen LogP contribution in [0.2, 0.25) is 0 Å². The molecule has 0 radical (unpaired) electrons. The van der Waals surface area contributed by atoms with Crippen molar-refractivity contribution in [3.63, 3.8) is 0 Å². The maximum Gasteiger partial charge on any atom is 0.184 e. The van der Waals surface area contributed by atoms with Crippen LogP contribution in [0.15, 0.2) is 5.10 Å². The van der Waals surface area contributed by atoms with Crippen molar-refractivity contribution in [3.8, 4) is 0 Å². The predicted octanol–water partition coefficient (Wildman–Crippen LogP) is 1.88. The van der Waals surface area contributed by atoms with E-state index >= 15 is 0 Å². The minimum absolute atomic E-state index is 0.206. The summed E-state index contributed by atoms with van der Waals surface area (Å²) in [5.74, 6) is 0.402. The maximum absolute atomic E-state index is 5.23. The molecule has 0 heterocycles. The second kappa shape index (κ2) is 5.17. The number of nitrogens with zero attached hydrogens (tertiary/aromatic N) is 1. The molecule has 0 rings (SSSR count). The summed E-state index contributed by atoms with van der Waals surface area (Å²) in [7, 11) is 0. The Morgan fingerprint density at radius 2 is 2.23 bits per heavy atom. The first kappa shape index (κ1) is 12.4. The molecule has 1 unspecified atom stereocenters. The number of thiocarbonyl (C=S) groups is 1. The van der Waals surface area contributed by atoms with E-state index in [9.17, 15) is 0 Å². The summed E-state index contributed by atoms with van der Waals surface area (Å²) in [5.41, 5.74) is 8.04. The highest BCUT2D eigenvalue weighted by atomic mass is 32.1. The fourth-order valence-corrected chi connectivity index (χ4v) is 0.789. The molecule has 0 amide bonds. The van der Waals surface area contributed by atoms with Crippen molar-refractivity contribution in [3.05, 3.63) is 0 Å². The lowest BCUT2D eigenvalue weighted by Crippen LogP contribution is -2.27. The van der Waals surface area contributed by atoms with Gasteiger partial charge < -0.3 is 5.73 Å². The highest BCUT2D eigenvalue weighted by Crippen LogP contribution is 2.28. The van der Waals surface area contributed by atoms with Gasteiger partial charge in [0.15, 0.2) is 5.11 Å². The fourth-order valence-electron chi connectivity index (χ4n) is 0.736. The van der Waals surface area contributed by atoms with Gasteiger partial charge in [0.25, 0.3) is 0 Å². The first-order chi connectivity index (χ1) is 5.90. The lowest BCUT2D eigenvalue weighted by atomic mass is 9.78. The number of hydrogen-bond donors (Lipinski definition) is 2. The van der Waals surface area contributed by atoms with E-state index in [2.05, 4.69) is 50.4 Å². The summed E-state index contributed by atoms with van der Waals surface area (Å²) in [6.07, 6.45) is 2.97. The van der Waals surface area contributed by atoms with Crippen LogP contribution in [0.4, 0.5) is 0 Å². The minimum atomic E-state index is 0.206. The molecule has 1 atom stereocenters. The van der Waals surface area contributed by atoms with Crippen LogP contribution in [0.25, 0.3) is 0 Å². The van der Waals surface area contributed by atoms with Crippen LogP contribution in [-0.2, 0) is 0 Å². The molecule has 0 aromatic carbocycles. The van der Waals surface area contributed by atoms with E-state index in [1.807, 2.05) is 6.21 Å². The highest BCUT2D eigenvalue weighted by molar-refractivity contribution is 7.80. The molecule has 0 aliphatic carbocycles. The Labute approximate surface area is 85.8 Å². The third-order valence-electron chi connectivity index (χ3n) is 2.62. The molecule has 0 aromatic heterocycles. The molecule has 3 N–H and O–H groups in total. The van der Waals surface area contributed by atoms with Gasteiger partial charge in [0.2, 0.25) is 0 Å². The highest BCUT2D eigenvalue weighted by Gasteiger charge is 2.21. The summed E-state index contributed by atoms with van der Waals surface area (Å²) in [6.45, 7) is 8.73. The van der Waals surface area contributed by atoms with Gasteiger partial charge in [0.05, 0.1) is 0 Å².